The third kappa shape index (κ3) is 4.50. The molecule has 0 spiro atoms. The van der Waals surface area contributed by atoms with Crippen molar-refractivity contribution in [3.63, 3.8) is 0 Å². The minimum atomic E-state index is -0.705. The largest absolute Gasteiger partial charge is 0.494 e. The summed E-state index contributed by atoms with van der Waals surface area (Å²) in [4.78, 5) is 25.8. The molecule has 0 saturated carbocycles. The second-order valence-corrected chi connectivity index (χ2v) is 8.16. The number of aromatic nitrogens is 1. The zero-order chi connectivity index (χ0) is 23.6. The van der Waals surface area contributed by atoms with Gasteiger partial charge in [-0.2, -0.15) is 5.26 Å². The van der Waals surface area contributed by atoms with Gasteiger partial charge in [0, 0.05) is 10.0 Å². The average Bonchev–Trinajstić information content (AvgIpc) is 2.75. The first-order valence-corrected chi connectivity index (χ1v) is 10.4. The summed E-state index contributed by atoms with van der Waals surface area (Å²) in [5.41, 5.74) is 1.18. The second-order valence-electron chi connectivity index (χ2n) is 7.38. The topological polar surface area (TPSA) is 92.3 Å². The molecule has 6 nitrogen and oxygen atoms in total. The number of pyridine rings is 1. The zero-order valence-electron chi connectivity index (χ0n) is 17.7. The summed E-state index contributed by atoms with van der Waals surface area (Å²) < 4.78 is 6.59. The number of Topliss-reactive ketones (excluding diaryl/α,β-unsaturated/α-hetero) is 1. The standard InChI is InChI=1S/C24H20Cl2N2O4/c1-13-8-17(9-14(2)22(13)26)32-12-20(29)21-15(3)18(10-27)23(30)28(24(21)31)11-16-6-4-5-7-19(16)25/h4-9,31H,11-12H2,1-3H3. The van der Waals surface area contributed by atoms with Gasteiger partial charge in [0.1, 0.15) is 17.4 Å². The van der Waals surface area contributed by atoms with Crippen LogP contribution in [0.3, 0.4) is 0 Å². The van der Waals surface area contributed by atoms with E-state index in [9.17, 15) is 20.0 Å². The molecular weight excluding hydrogens is 451 g/mol. The normalized spacial score (nSPS) is 10.6. The van der Waals surface area contributed by atoms with Crippen LogP contribution in [-0.2, 0) is 6.54 Å². The van der Waals surface area contributed by atoms with Gasteiger partial charge in [-0.3, -0.25) is 14.2 Å². The Hall–Kier alpha value is -3.27. The van der Waals surface area contributed by atoms with E-state index in [1.165, 1.54) is 6.92 Å². The first-order chi connectivity index (χ1) is 15.1. The molecule has 1 N–H and O–H groups in total. The maximum atomic E-state index is 13.0. The van der Waals surface area contributed by atoms with Crippen molar-refractivity contribution < 1.29 is 14.6 Å². The van der Waals surface area contributed by atoms with Crippen LogP contribution >= 0.6 is 23.2 Å². The number of benzene rings is 2. The highest BCUT2D eigenvalue weighted by molar-refractivity contribution is 6.32. The Morgan fingerprint density at radius 3 is 2.38 bits per heavy atom. The summed E-state index contributed by atoms with van der Waals surface area (Å²) >= 11 is 12.3. The lowest BCUT2D eigenvalue weighted by molar-refractivity contribution is 0.0916. The number of ether oxygens (including phenoxy) is 1. The van der Waals surface area contributed by atoms with Crippen LogP contribution in [0, 0.1) is 32.1 Å². The Morgan fingerprint density at radius 2 is 1.78 bits per heavy atom. The van der Waals surface area contributed by atoms with Crippen molar-refractivity contribution >= 4 is 29.0 Å². The van der Waals surface area contributed by atoms with Crippen LogP contribution in [0.2, 0.25) is 10.0 Å². The minimum absolute atomic E-state index is 0.0995. The fourth-order valence-corrected chi connectivity index (χ4v) is 3.74. The molecule has 2 aromatic carbocycles. The number of ketones is 1. The average molecular weight is 471 g/mol. The van der Waals surface area contributed by atoms with Gasteiger partial charge < -0.3 is 9.84 Å². The second kappa shape index (κ2) is 9.47. The monoisotopic (exact) mass is 470 g/mol. The molecule has 3 rings (SSSR count). The number of hydrogen-bond donors (Lipinski definition) is 1. The number of nitrogens with zero attached hydrogens (tertiary/aromatic N) is 2. The number of rotatable bonds is 6. The number of carbonyl (C=O) groups excluding carboxylic acids is 1. The fraction of sp³-hybridized carbons (Fsp3) is 0.208. The Morgan fingerprint density at radius 1 is 1.16 bits per heavy atom. The van der Waals surface area contributed by atoms with E-state index < -0.39 is 23.8 Å². The number of halogens is 2. The lowest BCUT2D eigenvalue weighted by Crippen LogP contribution is -2.28. The van der Waals surface area contributed by atoms with Gasteiger partial charge in [0.05, 0.1) is 12.1 Å². The van der Waals surface area contributed by atoms with Crippen molar-refractivity contribution in [1.29, 1.82) is 5.26 Å². The van der Waals surface area contributed by atoms with E-state index >= 15 is 0 Å². The van der Waals surface area contributed by atoms with Crippen molar-refractivity contribution in [2.45, 2.75) is 27.3 Å². The van der Waals surface area contributed by atoms with Crippen LogP contribution in [0.25, 0.3) is 0 Å². The highest BCUT2D eigenvalue weighted by atomic mass is 35.5. The number of aryl methyl sites for hydroxylation is 2. The van der Waals surface area contributed by atoms with Crippen LogP contribution in [-0.4, -0.2) is 22.1 Å². The highest BCUT2D eigenvalue weighted by Gasteiger charge is 2.25. The van der Waals surface area contributed by atoms with Gasteiger partial charge in [0.25, 0.3) is 5.56 Å². The molecule has 0 unspecified atom stereocenters. The predicted molar refractivity (Wildman–Crippen MR) is 123 cm³/mol. The van der Waals surface area contributed by atoms with E-state index in [4.69, 9.17) is 27.9 Å². The maximum absolute atomic E-state index is 13.0. The summed E-state index contributed by atoms with van der Waals surface area (Å²) in [5, 5.41) is 21.3. The van der Waals surface area contributed by atoms with Gasteiger partial charge in [0.2, 0.25) is 11.7 Å². The van der Waals surface area contributed by atoms with E-state index in [1.807, 2.05) is 19.9 Å². The van der Waals surface area contributed by atoms with E-state index in [1.54, 1.807) is 36.4 Å². The van der Waals surface area contributed by atoms with Gasteiger partial charge >= 0.3 is 0 Å². The van der Waals surface area contributed by atoms with Gasteiger partial charge in [-0.1, -0.05) is 41.4 Å². The third-order valence-electron chi connectivity index (χ3n) is 5.15. The number of carbonyl (C=O) groups is 1. The van der Waals surface area contributed by atoms with Crippen molar-refractivity contribution in [2.75, 3.05) is 6.61 Å². The summed E-state index contributed by atoms with van der Waals surface area (Å²) in [6, 6.07) is 12.0. The van der Waals surface area contributed by atoms with Crippen LogP contribution < -0.4 is 10.3 Å². The van der Waals surface area contributed by atoms with Gasteiger partial charge in [-0.05, 0) is 61.2 Å². The van der Waals surface area contributed by atoms with Crippen molar-refractivity contribution in [2.24, 2.45) is 0 Å². The molecule has 0 atom stereocenters. The summed E-state index contributed by atoms with van der Waals surface area (Å²) in [6.07, 6.45) is 0. The molecule has 1 aromatic heterocycles. The van der Waals surface area contributed by atoms with Gasteiger partial charge in [0.15, 0.2) is 6.61 Å². The van der Waals surface area contributed by atoms with E-state index in [0.29, 0.717) is 21.4 Å². The highest BCUT2D eigenvalue weighted by Crippen LogP contribution is 2.28. The van der Waals surface area contributed by atoms with Crippen LogP contribution in [0.4, 0.5) is 0 Å². The van der Waals surface area contributed by atoms with Gasteiger partial charge in [-0.25, -0.2) is 0 Å². The molecule has 32 heavy (non-hydrogen) atoms. The molecule has 0 radical (unpaired) electrons. The molecule has 0 amide bonds. The Balaban J connectivity index is 2.00. The lowest BCUT2D eigenvalue weighted by atomic mass is 10.0. The van der Waals surface area contributed by atoms with Crippen LogP contribution in [0.1, 0.15) is 38.2 Å². The van der Waals surface area contributed by atoms with Gasteiger partial charge in [-0.15, -0.1) is 0 Å². The number of aromatic hydroxyl groups is 1. The zero-order valence-corrected chi connectivity index (χ0v) is 19.2. The number of hydrogen-bond acceptors (Lipinski definition) is 5. The van der Waals surface area contributed by atoms with E-state index in [2.05, 4.69) is 0 Å². The maximum Gasteiger partial charge on any atom is 0.271 e. The lowest BCUT2D eigenvalue weighted by Gasteiger charge is -2.16. The van der Waals surface area contributed by atoms with Crippen molar-refractivity contribution in [3.8, 4) is 17.7 Å². The molecule has 3 aromatic rings. The third-order valence-corrected chi connectivity index (χ3v) is 6.11. The smallest absolute Gasteiger partial charge is 0.271 e. The molecule has 0 aliphatic heterocycles. The molecule has 0 aliphatic rings. The summed E-state index contributed by atoms with van der Waals surface area (Å²) in [5.74, 6) is -0.669. The van der Waals surface area contributed by atoms with Crippen molar-refractivity contribution in [1.82, 2.24) is 4.57 Å². The summed E-state index contributed by atoms with van der Waals surface area (Å²) in [7, 11) is 0. The first-order valence-electron chi connectivity index (χ1n) is 9.68. The molecule has 0 saturated heterocycles. The molecule has 0 aliphatic carbocycles. The molecule has 164 valence electrons. The molecule has 0 fully saturated rings. The fourth-order valence-electron chi connectivity index (χ4n) is 3.44. The molecule has 1 heterocycles. The summed E-state index contributed by atoms with van der Waals surface area (Å²) in [6.45, 7) is 4.59. The first kappa shape index (κ1) is 23.4. The van der Waals surface area contributed by atoms with Crippen LogP contribution in [0.5, 0.6) is 11.6 Å². The Kier molecular flexibility index (Phi) is 6.93. The Bertz CT molecular complexity index is 1300. The minimum Gasteiger partial charge on any atom is -0.494 e. The molecular formula is C24H20Cl2N2O4. The number of nitriles is 1. The van der Waals surface area contributed by atoms with E-state index in [-0.39, 0.29) is 23.2 Å². The molecule has 0 bridgehead atoms. The SMILES string of the molecule is Cc1cc(OCC(=O)c2c(C)c(C#N)c(=O)n(Cc3ccccc3Cl)c2O)cc(C)c1Cl. The van der Waals surface area contributed by atoms with E-state index in [0.717, 1.165) is 15.7 Å². The van der Waals surface area contributed by atoms with Crippen LogP contribution in [0.15, 0.2) is 41.2 Å². The Labute approximate surface area is 195 Å². The molecule has 8 heteroatoms. The predicted octanol–water partition coefficient (Wildman–Crippen LogP) is 4.97. The van der Waals surface area contributed by atoms with Crippen molar-refractivity contribution in [3.05, 3.63) is 90.2 Å². The quantitative estimate of drug-likeness (QED) is 0.513.